The Kier molecular flexibility index (Phi) is 6.32. The van der Waals surface area contributed by atoms with E-state index in [1.807, 2.05) is 65.6 Å². The summed E-state index contributed by atoms with van der Waals surface area (Å²) in [6.45, 7) is 1.42. The minimum atomic E-state index is -0.491. The quantitative estimate of drug-likeness (QED) is 0.859. The van der Waals surface area contributed by atoms with E-state index in [9.17, 15) is 9.59 Å². The maximum absolute atomic E-state index is 12.0. The lowest BCUT2D eigenvalue weighted by Gasteiger charge is -2.22. The van der Waals surface area contributed by atoms with Crippen molar-refractivity contribution in [3.63, 3.8) is 0 Å². The van der Waals surface area contributed by atoms with Gasteiger partial charge < -0.3 is 5.32 Å². The molecule has 0 bridgehead atoms. The van der Waals surface area contributed by atoms with Crippen molar-refractivity contribution in [3.8, 4) is 0 Å². The van der Waals surface area contributed by atoms with Crippen molar-refractivity contribution in [3.05, 3.63) is 71.8 Å². The van der Waals surface area contributed by atoms with Crippen molar-refractivity contribution in [2.45, 2.75) is 13.1 Å². The number of carbonyl (C=O) groups is 2. The largest absolute Gasteiger partial charge is 0.341 e. The Hall–Kier alpha value is -2.66. The molecule has 0 heterocycles. The van der Waals surface area contributed by atoms with E-state index >= 15 is 0 Å². The van der Waals surface area contributed by atoms with E-state index < -0.39 is 6.03 Å². The van der Waals surface area contributed by atoms with Crippen molar-refractivity contribution in [2.75, 3.05) is 13.6 Å². The Morgan fingerprint density at radius 3 is 1.78 bits per heavy atom. The number of nitrogens with one attached hydrogen (secondary N) is 2. The van der Waals surface area contributed by atoms with E-state index in [1.54, 1.807) is 0 Å². The Bertz CT molecular complexity index is 588. The lowest BCUT2D eigenvalue weighted by Crippen LogP contribution is -2.43. The zero-order valence-electron chi connectivity index (χ0n) is 13.2. The van der Waals surface area contributed by atoms with Gasteiger partial charge in [0.25, 0.3) is 0 Å². The molecule has 2 aromatic rings. The van der Waals surface area contributed by atoms with Gasteiger partial charge in [-0.2, -0.15) is 0 Å². The molecule has 23 heavy (non-hydrogen) atoms. The van der Waals surface area contributed by atoms with Crippen LogP contribution in [0.5, 0.6) is 0 Å². The zero-order valence-corrected chi connectivity index (χ0v) is 13.2. The fourth-order valence-electron chi connectivity index (χ4n) is 2.28. The number of hydrogen-bond donors (Lipinski definition) is 2. The molecule has 0 atom stereocenters. The molecule has 0 aliphatic carbocycles. The van der Waals surface area contributed by atoms with Crippen LogP contribution in [0.25, 0.3) is 0 Å². The van der Waals surface area contributed by atoms with Gasteiger partial charge in [0, 0.05) is 20.1 Å². The van der Waals surface area contributed by atoms with Crippen LogP contribution in [0.4, 0.5) is 4.79 Å². The maximum atomic E-state index is 12.0. The van der Waals surface area contributed by atoms with Crippen LogP contribution < -0.4 is 10.6 Å². The van der Waals surface area contributed by atoms with E-state index in [0.717, 1.165) is 11.1 Å². The fourth-order valence-corrected chi connectivity index (χ4v) is 2.28. The Morgan fingerprint density at radius 1 is 0.870 bits per heavy atom. The Labute approximate surface area is 136 Å². The first kappa shape index (κ1) is 16.7. The van der Waals surface area contributed by atoms with E-state index in [1.165, 1.54) is 7.05 Å². The standard InChI is InChI=1S/C18H21N3O2/c1-19-18(23)20-17(22)14-21(12-15-8-4-2-5-9-15)13-16-10-6-3-7-11-16/h2-11H,12-14H2,1H3,(H2,19,20,22,23). The highest BCUT2D eigenvalue weighted by Gasteiger charge is 2.13. The SMILES string of the molecule is CNC(=O)NC(=O)CN(Cc1ccccc1)Cc1ccccc1. The molecule has 0 fully saturated rings. The molecule has 5 heteroatoms. The predicted molar refractivity (Wildman–Crippen MR) is 89.6 cm³/mol. The van der Waals surface area contributed by atoms with Gasteiger partial charge in [0.2, 0.25) is 5.91 Å². The number of rotatable bonds is 6. The van der Waals surface area contributed by atoms with E-state index in [0.29, 0.717) is 13.1 Å². The van der Waals surface area contributed by atoms with Gasteiger partial charge in [0.1, 0.15) is 0 Å². The summed E-state index contributed by atoms with van der Waals surface area (Å²) in [7, 11) is 1.48. The fraction of sp³-hybridized carbons (Fsp3) is 0.222. The average molecular weight is 311 g/mol. The monoisotopic (exact) mass is 311 g/mol. The number of nitrogens with zero attached hydrogens (tertiary/aromatic N) is 1. The second kappa shape index (κ2) is 8.70. The molecule has 2 rings (SSSR count). The summed E-state index contributed by atoms with van der Waals surface area (Å²) < 4.78 is 0. The van der Waals surface area contributed by atoms with Gasteiger partial charge in [-0.3, -0.25) is 15.0 Å². The zero-order chi connectivity index (χ0) is 16.5. The molecule has 3 amide bonds. The third-order valence-electron chi connectivity index (χ3n) is 3.35. The maximum Gasteiger partial charge on any atom is 0.321 e. The van der Waals surface area contributed by atoms with Gasteiger partial charge in [-0.05, 0) is 11.1 Å². The molecule has 120 valence electrons. The highest BCUT2D eigenvalue weighted by atomic mass is 16.2. The van der Waals surface area contributed by atoms with E-state index in [4.69, 9.17) is 0 Å². The highest BCUT2D eigenvalue weighted by molar-refractivity contribution is 5.95. The summed E-state index contributed by atoms with van der Waals surface area (Å²) in [4.78, 5) is 25.3. The van der Waals surface area contributed by atoms with Crippen LogP contribution in [0.3, 0.4) is 0 Å². The van der Waals surface area contributed by atoms with Gasteiger partial charge in [-0.15, -0.1) is 0 Å². The van der Waals surface area contributed by atoms with Gasteiger partial charge >= 0.3 is 6.03 Å². The minimum Gasteiger partial charge on any atom is -0.341 e. The molecule has 0 unspecified atom stereocenters. The second-order valence-electron chi connectivity index (χ2n) is 5.24. The minimum absolute atomic E-state index is 0.150. The third-order valence-corrected chi connectivity index (χ3v) is 3.35. The molecular formula is C18H21N3O2. The Balaban J connectivity index is 2.04. The molecular weight excluding hydrogens is 290 g/mol. The van der Waals surface area contributed by atoms with Crippen LogP contribution in [0.15, 0.2) is 60.7 Å². The summed E-state index contributed by atoms with van der Waals surface area (Å²) in [5.41, 5.74) is 2.24. The number of urea groups is 1. The molecule has 2 aromatic carbocycles. The average Bonchev–Trinajstić information content (AvgIpc) is 2.56. The Morgan fingerprint density at radius 2 is 1.35 bits per heavy atom. The van der Waals surface area contributed by atoms with E-state index in [2.05, 4.69) is 10.6 Å². The normalized spacial score (nSPS) is 10.3. The van der Waals surface area contributed by atoms with E-state index in [-0.39, 0.29) is 12.5 Å². The van der Waals surface area contributed by atoms with Gasteiger partial charge in [0.05, 0.1) is 6.54 Å². The summed E-state index contributed by atoms with van der Waals surface area (Å²) in [5, 5.41) is 4.68. The lowest BCUT2D eigenvalue weighted by atomic mass is 10.1. The molecule has 0 saturated carbocycles. The first-order valence-corrected chi connectivity index (χ1v) is 7.49. The molecule has 0 radical (unpaired) electrons. The summed E-state index contributed by atoms with van der Waals surface area (Å²) in [6, 6.07) is 19.4. The topological polar surface area (TPSA) is 61.4 Å². The second-order valence-corrected chi connectivity index (χ2v) is 5.24. The van der Waals surface area contributed by atoms with Crippen molar-refractivity contribution in [2.24, 2.45) is 0 Å². The molecule has 0 aliphatic heterocycles. The first-order valence-electron chi connectivity index (χ1n) is 7.49. The van der Waals surface area contributed by atoms with Gasteiger partial charge in [-0.25, -0.2) is 4.79 Å². The van der Waals surface area contributed by atoms with Crippen LogP contribution >= 0.6 is 0 Å². The first-order chi connectivity index (χ1) is 11.2. The molecule has 0 aliphatic rings. The van der Waals surface area contributed by atoms with Crippen LogP contribution in [-0.2, 0) is 17.9 Å². The number of imide groups is 1. The van der Waals surface area contributed by atoms with Crippen molar-refractivity contribution in [1.29, 1.82) is 0 Å². The number of hydrogen-bond acceptors (Lipinski definition) is 3. The molecule has 0 aromatic heterocycles. The molecule has 5 nitrogen and oxygen atoms in total. The van der Waals surface area contributed by atoms with Crippen molar-refractivity contribution in [1.82, 2.24) is 15.5 Å². The number of benzene rings is 2. The summed E-state index contributed by atoms with van der Waals surface area (Å²) in [6.07, 6.45) is 0. The van der Waals surface area contributed by atoms with Crippen LogP contribution in [-0.4, -0.2) is 30.4 Å². The van der Waals surface area contributed by atoms with Crippen LogP contribution in [0.1, 0.15) is 11.1 Å². The third kappa shape index (κ3) is 5.92. The summed E-state index contributed by atoms with van der Waals surface area (Å²) >= 11 is 0. The van der Waals surface area contributed by atoms with Crippen LogP contribution in [0.2, 0.25) is 0 Å². The van der Waals surface area contributed by atoms with Crippen molar-refractivity contribution >= 4 is 11.9 Å². The molecule has 0 saturated heterocycles. The van der Waals surface area contributed by atoms with Gasteiger partial charge in [-0.1, -0.05) is 60.7 Å². The highest BCUT2D eigenvalue weighted by Crippen LogP contribution is 2.09. The van der Waals surface area contributed by atoms with Crippen molar-refractivity contribution < 1.29 is 9.59 Å². The summed E-state index contributed by atoms with van der Waals surface area (Å²) in [5.74, 6) is -0.323. The number of amides is 3. The number of carbonyl (C=O) groups excluding carboxylic acids is 2. The van der Waals surface area contributed by atoms with Crippen LogP contribution in [0, 0.1) is 0 Å². The molecule has 2 N–H and O–H groups in total. The smallest absolute Gasteiger partial charge is 0.321 e. The lowest BCUT2D eigenvalue weighted by molar-refractivity contribution is -0.121. The molecule has 0 spiro atoms. The van der Waals surface area contributed by atoms with Gasteiger partial charge in [0.15, 0.2) is 0 Å². The predicted octanol–water partition coefficient (Wildman–Crippen LogP) is 2.14.